The molecule has 4 rings (SSSR count). The molecule has 7 heteroatoms. The topological polar surface area (TPSA) is 45.5 Å². The van der Waals surface area contributed by atoms with E-state index in [1.54, 1.807) is 13.0 Å². The molecule has 0 spiro atoms. The second kappa shape index (κ2) is 6.74. The Kier molecular flexibility index (Phi) is 4.50. The molecule has 1 aliphatic rings. The highest BCUT2D eigenvalue weighted by Crippen LogP contribution is 2.43. The minimum atomic E-state index is -0.978. The van der Waals surface area contributed by atoms with Crippen LogP contribution in [0, 0.1) is 11.6 Å². The standard InChI is InChI=1S/C21H22F2N2O3/c1-5-26-20-24-14-10-9-13(22)17(23)18(14)25(20)15-8-6-7-12-16(11-27-19(12)15)28-21(2,3)4/h6-10,16H,5,11H2,1-4H3/t16-/m1/s1. The number of hydrogen-bond donors (Lipinski definition) is 0. The van der Waals surface area contributed by atoms with Crippen molar-refractivity contribution in [2.75, 3.05) is 13.2 Å². The van der Waals surface area contributed by atoms with E-state index in [0.29, 0.717) is 30.2 Å². The van der Waals surface area contributed by atoms with Crippen LogP contribution in [0.4, 0.5) is 8.78 Å². The molecule has 2 aromatic carbocycles. The maximum Gasteiger partial charge on any atom is 0.302 e. The smallest absolute Gasteiger partial charge is 0.302 e. The molecule has 5 nitrogen and oxygen atoms in total. The van der Waals surface area contributed by atoms with Crippen LogP contribution < -0.4 is 9.47 Å². The van der Waals surface area contributed by atoms with Gasteiger partial charge in [-0.2, -0.15) is 4.98 Å². The fraction of sp³-hybridized carbons (Fsp3) is 0.381. The van der Waals surface area contributed by atoms with Gasteiger partial charge >= 0.3 is 6.01 Å². The number of ether oxygens (including phenoxy) is 3. The van der Waals surface area contributed by atoms with Gasteiger partial charge in [-0.05, 0) is 45.9 Å². The van der Waals surface area contributed by atoms with Crippen molar-refractivity contribution in [3.8, 4) is 17.4 Å². The van der Waals surface area contributed by atoms with Crippen LogP contribution >= 0.6 is 0 Å². The van der Waals surface area contributed by atoms with E-state index in [1.807, 2.05) is 32.9 Å². The summed E-state index contributed by atoms with van der Waals surface area (Å²) in [7, 11) is 0. The molecule has 0 bridgehead atoms. The summed E-state index contributed by atoms with van der Waals surface area (Å²) in [5, 5.41) is 0. The Morgan fingerprint density at radius 3 is 2.71 bits per heavy atom. The van der Waals surface area contributed by atoms with Gasteiger partial charge in [-0.15, -0.1) is 0 Å². The lowest BCUT2D eigenvalue weighted by Gasteiger charge is -2.24. The number of hydrogen-bond acceptors (Lipinski definition) is 4. The van der Waals surface area contributed by atoms with E-state index in [-0.39, 0.29) is 23.2 Å². The average Bonchev–Trinajstić information content (AvgIpc) is 3.19. The van der Waals surface area contributed by atoms with Crippen LogP contribution in [0.1, 0.15) is 39.4 Å². The lowest BCUT2D eigenvalue weighted by atomic mass is 10.1. The second-order valence-corrected chi connectivity index (χ2v) is 7.62. The Morgan fingerprint density at radius 1 is 1.21 bits per heavy atom. The summed E-state index contributed by atoms with van der Waals surface area (Å²) in [6, 6.07) is 8.19. The highest BCUT2D eigenvalue weighted by atomic mass is 19.2. The van der Waals surface area contributed by atoms with E-state index >= 15 is 0 Å². The maximum absolute atomic E-state index is 14.7. The van der Waals surface area contributed by atoms with E-state index in [9.17, 15) is 8.78 Å². The molecule has 0 radical (unpaired) electrons. The second-order valence-electron chi connectivity index (χ2n) is 7.62. The van der Waals surface area contributed by atoms with Gasteiger partial charge in [0.15, 0.2) is 11.6 Å². The van der Waals surface area contributed by atoms with Crippen molar-refractivity contribution in [3.05, 3.63) is 47.5 Å². The van der Waals surface area contributed by atoms with Crippen molar-refractivity contribution in [2.24, 2.45) is 0 Å². The van der Waals surface area contributed by atoms with E-state index in [2.05, 4.69) is 4.98 Å². The molecule has 1 aromatic heterocycles. The molecule has 0 saturated heterocycles. The van der Waals surface area contributed by atoms with Crippen molar-refractivity contribution in [3.63, 3.8) is 0 Å². The summed E-state index contributed by atoms with van der Waals surface area (Å²) < 4.78 is 47.7. The Balaban J connectivity index is 1.92. The van der Waals surface area contributed by atoms with Crippen LogP contribution in [0.3, 0.4) is 0 Å². The molecule has 0 saturated carbocycles. The molecule has 0 fully saturated rings. The van der Waals surface area contributed by atoms with Gasteiger partial charge in [-0.3, -0.25) is 4.57 Å². The molecule has 148 valence electrons. The number of para-hydroxylation sites is 1. The van der Waals surface area contributed by atoms with E-state index < -0.39 is 11.6 Å². The van der Waals surface area contributed by atoms with Crippen molar-refractivity contribution in [2.45, 2.75) is 39.4 Å². The van der Waals surface area contributed by atoms with Crippen LogP contribution in [0.25, 0.3) is 16.7 Å². The zero-order chi connectivity index (χ0) is 20.1. The fourth-order valence-electron chi connectivity index (χ4n) is 3.43. The number of rotatable bonds is 4. The third kappa shape index (κ3) is 3.09. The predicted molar refractivity (Wildman–Crippen MR) is 101 cm³/mol. The average molecular weight is 388 g/mol. The fourth-order valence-corrected chi connectivity index (χ4v) is 3.43. The van der Waals surface area contributed by atoms with Crippen LogP contribution in [0.15, 0.2) is 30.3 Å². The van der Waals surface area contributed by atoms with Crippen molar-refractivity contribution in [1.29, 1.82) is 0 Å². The first-order chi connectivity index (χ1) is 13.3. The summed E-state index contributed by atoms with van der Waals surface area (Å²) in [4.78, 5) is 4.33. The maximum atomic E-state index is 14.7. The summed E-state index contributed by atoms with van der Waals surface area (Å²) >= 11 is 0. The third-order valence-electron chi connectivity index (χ3n) is 4.44. The minimum Gasteiger partial charge on any atom is -0.488 e. The summed E-state index contributed by atoms with van der Waals surface area (Å²) in [6.07, 6.45) is -0.248. The van der Waals surface area contributed by atoms with E-state index in [1.165, 1.54) is 10.6 Å². The van der Waals surface area contributed by atoms with Gasteiger partial charge < -0.3 is 14.2 Å². The normalized spacial score (nSPS) is 16.3. The Labute approximate surface area is 161 Å². The molecule has 2 heterocycles. The van der Waals surface area contributed by atoms with Gasteiger partial charge in [0.2, 0.25) is 0 Å². The largest absolute Gasteiger partial charge is 0.488 e. The predicted octanol–water partition coefficient (Wildman–Crippen LogP) is 4.95. The molecule has 0 aliphatic carbocycles. The zero-order valence-electron chi connectivity index (χ0n) is 16.3. The van der Waals surface area contributed by atoms with Crippen molar-refractivity contribution < 1.29 is 23.0 Å². The zero-order valence-corrected chi connectivity index (χ0v) is 16.3. The number of imidazole rings is 1. The van der Waals surface area contributed by atoms with Gasteiger partial charge in [0.1, 0.15) is 24.0 Å². The number of halogens is 2. The number of fused-ring (bicyclic) bond motifs is 2. The SMILES string of the molecule is CCOc1nc2ccc(F)c(F)c2n1-c1cccc2c1OC[C@H]2OC(C)(C)C. The third-order valence-corrected chi connectivity index (χ3v) is 4.44. The first kappa shape index (κ1) is 18.7. The number of nitrogens with zero attached hydrogens (tertiary/aromatic N) is 2. The first-order valence-corrected chi connectivity index (χ1v) is 9.23. The van der Waals surface area contributed by atoms with Crippen LogP contribution in [-0.2, 0) is 4.74 Å². The van der Waals surface area contributed by atoms with Crippen molar-refractivity contribution >= 4 is 11.0 Å². The summed E-state index contributed by atoms with van der Waals surface area (Å²) in [5.74, 6) is -1.37. The molecule has 0 unspecified atom stereocenters. The van der Waals surface area contributed by atoms with Gasteiger partial charge in [-0.1, -0.05) is 12.1 Å². The lowest BCUT2D eigenvalue weighted by Crippen LogP contribution is -2.23. The van der Waals surface area contributed by atoms with E-state index in [0.717, 1.165) is 11.6 Å². The minimum absolute atomic E-state index is 0.0145. The summed E-state index contributed by atoms with van der Waals surface area (Å²) in [6.45, 7) is 8.41. The number of benzene rings is 2. The van der Waals surface area contributed by atoms with Crippen LogP contribution in [0.2, 0.25) is 0 Å². The molecular weight excluding hydrogens is 366 g/mol. The Hall–Kier alpha value is -2.67. The quantitative estimate of drug-likeness (QED) is 0.634. The van der Waals surface area contributed by atoms with Crippen molar-refractivity contribution in [1.82, 2.24) is 9.55 Å². The molecule has 3 aromatic rings. The molecule has 0 N–H and O–H groups in total. The highest BCUT2D eigenvalue weighted by Gasteiger charge is 2.32. The number of aromatic nitrogens is 2. The summed E-state index contributed by atoms with van der Waals surface area (Å²) in [5.41, 5.74) is 1.36. The van der Waals surface area contributed by atoms with Crippen LogP contribution in [0.5, 0.6) is 11.8 Å². The van der Waals surface area contributed by atoms with Gasteiger partial charge in [0.25, 0.3) is 0 Å². The van der Waals surface area contributed by atoms with Gasteiger partial charge in [0, 0.05) is 5.56 Å². The first-order valence-electron chi connectivity index (χ1n) is 9.23. The Bertz CT molecular complexity index is 1040. The van der Waals surface area contributed by atoms with Crippen LogP contribution in [-0.4, -0.2) is 28.4 Å². The molecule has 0 amide bonds. The van der Waals surface area contributed by atoms with E-state index in [4.69, 9.17) is 14.2 Å². The van der Waals surface area contributed by atoms with Gasteiger partial charge in [0.05, 0.1) is 23.4 Å². The molecule has 1 aliphatic heterocycles. The monoisotopic (exact) mass is 388 g/mol. The molecular formula is C21H22F2N2O3. The Morgan fingerprint density at radius 2 is 2.00 bits per heavy atom. The lowest BCUT2D eigenvalue weighted by molar-refractivity contribution is -0.0671. The molecule has 28 heavy (non-hydrogen) atoms. The van der Waals surface area contributed by atoms with Gasteiger partial charge in [-0.25, -0.2) is 8.78 Å². The highest BCUT2D eigenvalue weighted by molar-refractivity contribution is 5.81. The molecule has 1 atom stereocenters.